The summed E-state index contributed by atoms with van der Waals surface area (Å²) in [4.78, 5) is 30.9. The second-order valence-corrected chi connectivity index (χ2v) is 7.65. The molecule has 0 bridgehead atoms. The molecule has 176 valence electrons. The molecule has 1 atom stereocenters. The van der Waals surface area contributed by atoms with Gasteiger partial charge < -0.3 is 14.2 Å². The Kier molecular flexibility index (Phi) is 6.73. The molecule has 1 fully saturated rings. The van der Waals surface area contributed by atoms with Gasteiger partial charge in [-0.15, -0.1) is 0 Å². The molecule has 0 saturated carbocycles. The molecule has 0 radical (unpaired) electrons. The summed E-state index contributed by atoms with van der Waals surface area (Å²) < 4.78 is 26.6. The van der Waals surface area contributed by atoms with Crippen molar-refractivity contribution < 1.29 is 13.7 Å². The standard InChI is InChI=1S/C23H24FN7O3/c1-5-16(7-6-14(2)22-27-15(3)34-29-22)19-12-31(8-9-33-19)23-28-18(10-20(32)30(23)4)21-17(24)11-25-13-26-21/h5-7,10-11,13,19H,2,8-9,12H2,1,3-4H3. The molecule has 1 aliphatic rings. The molecule has 1 unspecified atom stereocenters. The number of hydrogen-bond acceptors (Lipinski definition) is 9. The molecule has 0 amide bonds. The molecule has 34 heavy (non-hydrogen) atoms. The fourth-order valence-corrected chi connectivity index (χ4v) is 3.56. The molecule has 0 N–H and O–H groups in total. The molecule has 0 spiro atoms. The maximum absolute atomic E-state index is 14.2. The maximum Gasteiger partial charge on any atom is 0.255 e. The summed E-state index contributed by atoms with van der Waals surface area (Å²) in [5.74, 6) is 0.639. The topological polar surface area (TPSA) is 112 Å². The van der Waals surface area contributed by atoms with Crippen LogP contribution in [0.1, 0.15) is 18.6 Å². The van der Waals surface area contributed by atoms with Crippen LogP contribution in [-0.2, 0) is 11.8 Å². The van der Waals surface area contributed by atoms with Gasteiger partial charge in [0, 0.05) is 32.2 Å². The molecule has 1 saturated heterocycles. The number of halogens is 1. The number of hydrogen-bond donors (Lipinski definition) is 0. The zero-order valence-corrected chi connectivity index (χ0v) is 19.1. The molecular formula is C23H24FN7O3. The molecular weight excluding hydrogens is 441 g/mol. The predicted octanol–water partition coefficient (Wildman–Crippen LogP) is 2.49. The Hall–Kier alpha value is -3.99. The summed E-state index contributed by atoms with van der Waals surface area (Å²) in [6.07, 6.45) is 7.61. The Bertz CT molecular complexity index is 1330. The van der Waals surface area contributed by atoms with Crippen LogP contribution < -0.4 is 10.5 Å². The molecule has 4 heterocycles. The maximum atomic E-state index is 14.2. The van der Waals surface area contributed by atoms with Crippen molar-refractivity contribution in [3.63, 3.8) is 0 Å². The highest BCUT2D eigenvalue weighted by Crippen LogP contribution is 2.23. The van der Waals surface area contributed by atoms with Crippen molar-refractivity contribution in [2.75, 3.05) is 24.6 Å². The summed E-state index contributed by atoms with van der Waals surface area (Å²) >= 11 is 0. The van der Waals surface area contributed by atoms with Crippen LogP contribution in [0.2, 0.25) is 0 Å². The lowest BCUT2D eigenvalue weighted by Gasteiger charge is -2.35. The third-order valence-corrected chi connectivity index (χ3v) is 5.37. The van der Waals surface area contributed by atoms with E-state index in [9.17, 15) is 9.18 Å². The van der Waals surface area contributed by atoms with Crippen molar-refractivity contribution in [3.05, 3.63) is 76.9 Å². The van der Waals surface area contributed by atoms with Crippen LogP contribution in [0.3, 0.4) is 0 Å². The van der Waals surface area contributed by atoms with Gasteiger partial charge in [0.1, 0.15) is 17.7 Å². The van der Waals surface area contributed by atoms with Gasteiger partial charge in [0.05, 0.1) is 25.5 Å². The van der Waals surface area contributed by atoms with Gasteiger partial charge in [-0.25, -0.2) is 19.3 Å². The minimum atomic E-state index is -0.646. The second kappa shape index (κ2) is 9.87. The number of ether oxygens (including phenoxy) is 1. The van der Waals surface area contributed by atoms with Crippen molar-refractivity contribution in [2.45, 2.75) is 20.0 Å². The molecule has 3 aromatic heterocycles. The highest BCUT2D eigenvalue weighted by atomic mass is 19.1. The average molecular weight is 465 g/mol. The monoisotopic (exact) mass is 465 g/mol. The molecule has 3 aromatic rings. The van der Waals surface area contributed by atoms with Crippen LogP contribution in [0.5, 0.6) is 0 Å². The zero-order chi connectivity index (χ0) is 24.2. The van der Waals surface area contributed by atoms with Crippen LogP contribution in [0.15, 0.2) is 58.3 Å². The molecule has 0 aliphatic carbocycles. The SMILES string of the molecule is C=C(C=CC(=CC)C1CN(c2nc(-c3ncncc3F)cc(=O)n2C)CCO1)c1noc(C)n1. The number of aryl methyl sites for hydroxylation is 1. The number of morpholine rings is 1. The molecule has 11 heteroatoms. The van der Waals surface area contributed by atoms with E-state index in [1.807, 2.05) is 24.0 Å². The lowest BCUT2D eigenvalue weighted by atomic mass is 10.1. The normalized spacial score (nSPS) is 16.9. The molecule has 4 rings (SSSR count). The minimum Gasteiger partial charge on any atom is -0.370 e. The highest BCUT2D eigenvalue weighted by Gasteiger charge is 2.26. The summed E-state index contributed by atoms with van der Waals surface area (Å²) in [5.41, 5.74) is 1.32. The van der Waals surface area contributed by atoms with E-state index in [0.29, 0.717) is 42.9 Å². The predicted molar refractivity (Wildman–Crippen MR) is 123 cm³/mol. The lowest BCUT2D eigenvalue weighted by Crippen LogP contribution is -2.45. The van der Waals surface area contributed by atoms with Gasteiger partial charge in [-0.2, -0.15) is 4.98 Å². The smallest absolute Gasteiger partial charge is 0.255 e. The number of anilines is 1. The van der Waals surface area contributed by atoms with Crippen molar-refractivity contribution in [3.8, 4) is 11.4 Å². The Morgan fingerprint density at radius 2 is 2.15 bits per heavy atom. The molecule has 0 aromatic carbocycles. The number of allylic oxidation sites excluding steroid dienone is 3. The van der Waals surface area contributed by atoms with Crippen molar-refractivity contribution in [1.29, 1.82) is 0 Å². The number of rotatable bonds is 6. The van der Waals surface area contributed by atoms with Crippen LogP contribution >= 0.6 is 0 Å². The van der Waals surface area contributed by atoms with Gasteiger partial charge in [-0.1, -0.05) is 30.0 Å². The summed E-state index contributed by atoms with van der Waals surface area (Å²) in [6.45, 7) is 8.98. The molecule has 10 nitrogen and oxygen atoms in total. The van der Waals surface area contributed by atoms with E-state index in [1.165, 1.54) is 17.0 Å². The highest BCUT2D eigenvalue weighted by molar-refractivity contribution is 5.67. The van der Waals surface area contributed by atoms with Gasteiger partial charge >= 0.3 is 0 Å². The first-order valence-electron chi connectivity index (χ1n) is 10.6. The largest absolute Gasteiger partial charge is 0.370 e. The number of nitrogens with zero attached hydrogens (tertiary/aromatic N) is 7. The average Bonchev–Trinajstić information content (AvgIpc) is 3.28. The quantitative estimate of drug-likeness (QED) is 0.507. The Morgan fingerprint density at radius 1 is 1.32 bits per heavy atom. The van der Waals surface area contributed by atoms with Crippen LogP contribution in [-0.4, -0.2) is 55.5 Å². The number of aromatic nitrogens is 6. The molecule has 1 aliphatic heterocycles. The third-order valence-electron chi connectivity index (χ3n) is 5.37. The van der Waals surface area contributed by atoms with E-state index in [-0.39, 0.29) is 23.1 Å². The van der Waals surface area contributed by atoms with E-state index in [1.54, 1.807) is 20.0 Å². The zero-order valence-electron chi connectivity index (χ0n) is 19.1. The third kappa shape index (κ3) is 4.84. The van der Waals surface area contributed by atoms with Crippen LogP contribution in [0.4, 0.5) is 10.3 Å². The first-order valence-corrected chi connectivity index (χ1v) is 10.6. The fraction of sp³-hybridized carbons (Fsp3) is 0.304. The fourth-order valence-electron chi connectivity index (χ4n) is 3.56. The first kappa shape index (κ1) is 23.2. The summed E-state index contributed by atoms with van der Waals surface area (Å²) in [5, 5.41) is 3.87. The van der Waals surface area contributed by atoms with E-state index < -0.39 is 5.82 Å². The van der Waals surface area contributed by atoms with E-state index in [4.69, 9.17) is 9.26 Å². The summed E-state index contributed by atoms with van der Waals surface area (Å²) in [6, 6.07) is 1.26. The van der Waals surface area contributed by atoms with Gasteiger partial charge in [0.2, 0.25) is 17.7 Å². The van der Waals surface area contributed by atoms with E-state index in [0.717, 1.165) is 11.8 Å². The van der Waals surface area contributed by atoms with E-state index in [2.05, 4.69) is 31.7 Å². The minimum absolute atomic E-state index is 0.0222. The van der Waals surface area contributed by atoms with Gasteiger partial charge in [-0.3, -0.25) is 9.36 Å². The van der Waals surface area contributed by atoms with Crippen molar-refractivity contribution >= 4 is 11.5 Å². The second-order valence-electron chi connectivity index (χ2n) is 7.65. The summed E-state index contributed by atoms with van der Waals surface area (Å²) in [7, 11) is 1.63. The van der Waals surface area contributed by atoms with E-state index >= 15 is 0 Å². The van der Waals surface area contributed by atoms with Gasteiger partial charge in [0.25, 0.3) is 5.56 Å². The van der Waals surface area contributed by atoms with Crippen LogP contribution in [0.25, 0.3) is 17.0 Å². The van der Waals surface area contributed by atoms with Crippen molar-refractivity contribution in [2.24, 2.45) is 7.05 Å². The van der Waals surface area contributed by atoms with Crippen molar-refractivity contribution in [1.82, 2.24) is 29.7 Å². The Morgan fingerprint density at radius 3 is 2.85 bits per heavy atom. The van der Waals surface area contributed by atoms with Crippen LogP contribution in [0, 0.1) is 12.7 Å². The first-order chi connectivity index (χ1) is 16.4. The lowest BCUT2D eigenvalue weighted by molar-refractivity contribution is 0.0654. The van der Waals surface area contributed by atoms with Gasteiger partial charge in [-0.05, 0) is 12.5 Å². The van der Waals surface area contributed by atoms with Gasteiger partial charge in [0.15, 0.2) is 5.82 Å². The Balaban J connectivity index is 1.57. The Labute approximate surface area is 195 Å².